The van der Waals surface area contributed by atoms with Crippen molar-refractivity contribution in [2.45, 2.75) is 12.5 Å². The lowest BCUT2D eigenvalue weighted by molar-refractivity contribution is 0.0624. The summed E-state index contributed by atoms with van der Waals surface area (Å²) >= 11 is 1.90. The third-order valence-electron chi connectivity index (χ3n) is 3.30. The van der Waals surface area contributed by atoms with E-state index in [0.29, 0.717) is 30.4 Å². The maximum atomic E-state index is 12.6. The monoisotopic (exact) mass is 280 g/mol. The Balaban J connectivity index is 2.11. The van der Waals surface area contributed by atoms with Gasteiger partial charge in [-0.25, -0.2) is 0 Å². The first kappa shape index (κ1) is 14.2. The van der Waals surface area contributed by atoms with Gasteiger partial charge in [-0.05, 0) is 36.4 Å². The van der Waals surface area contributed by atoms with Crippen LogP contribution >= 0.6 is 11.8 Å². The van der Waals surface area contributed by atoms with Gasteiger partial charge in [-0.1, -0.05) is 0 Å². The number of carbonyl (C=O) groups is 1. The van der Waals surface area contributed by atoms with Crippen LogP contribution < -0.4 is 5.73 Å². The van der Waals surface area contributed by atoms with Gasteiger partial charge in [0.25, 0.3) is 5.91 Å². The molecule has 0 saturated carbocycles. The van der Waals surface area contributed by atoms with Crippen LogP contribution in [0.1, 0.15) is 16.8 Å². The van der Waals surface area contributed by atoms with Gasteiger partial charge in [-0.3, -0.25) is 4.79 Å². The van der Waals surface area contributed by atoms with E-state index in [1.165, 1.54) is 0 Å². The van der Waals surface area contributed by atoms with Gasteiger partial charge in [0.15, 0.2) is 0 Å². The van der Waals surface area contributed by atoms with Crippen molar-refractivity contribution >= 4 is 23.4 Å². The number of thioether (sulfide) groups is 1. The molecule has 0 aliphatic carbocycles. The molecule has 1 fully saturated rings. The minimum absolute atomic E-state index is 0.0737. The van der Waals surface area contributed by atoms with Gasteiger partial charge >= 0.3 is 0 Å². The molecule has 1 amide bonds. The molecule has 0 radical (unpaired) electrons. The third kappa shape index (κ3) is 3.64. The largest absolute Gasteiger partial charge is 0.399 e. The minimum Gasteiger partial charge on any atom is -0.399 e. The molecular formula is C14H20N2O2S. The van der Waals surface area contributed by atoms with Gasteiger partial charge in [-0.15, -0.1) is 0 Å². The number of methoxy groups -OCH3 is 1. The number of benzene rings is 1. The SMILES string of the molecule is COCCN(C(=O)c1ccc(N)cc1)C1CCSC1. The Kier molecular flexibility index (Phi) is 5.10. The molecule has 5 heteroatoms. The van der Waals surface area contributed by atoms with Crippen LogP contribution in [0.15, 0.2) is 24.3 Å². The van der Waals surface area contributed by atoms with Gasteiger partial charge in [0.2, 0.25) is 0 Å². The van der Waals surface area contributed by atoms with Gasteiger partial charge in [0.1, 0.15) is 0 Å². The second-order valence-corrected chi connectivity index (χ2v) is 5.78. The van der Waals surface area contributed by atoms with E-state index in [4.69, 9.17) is 10.5 Å². The number of anilines is 1. The first-order valence-electron chi connectivity index (χ1n) is 6.45. The standard InChI is InChI=1S/C14H20N2O2S/c1-18-8-7-16(13-6-9-19-10-13)14(17)11-2-4-12(15)5-3-11/h2-5,13H,6-10,15H2,1H3. The molecule has 1 aliphatic rings. The molecule has 4 nitrogen and oxygen atoms in total. The normalized spacial score (nSPS) is 18.5. The van der Waals surface area contributed by atoms with Gasteiger partial charge in [0.05, 0.1) is 6.61 Å². The summed E-state index contributed by atoms with van der Waals surface area (Å²) < 4.78 is 5.12. The number of hydrogen-bond donors (Lipinski definition) is 1. The lowest BCUT2D eigenvalue weighted by Gasteiger charge is -2.28. The molecule has 1 heterocycles. The van der Waals surface area contributed by atoms with Crippen LogP contribution in [-0.2, 0) is 4.74 Å². The summed E-state index contributed by atoms with van der Waals surface area (Å²) in [6, 6.07) is 7.44. The van der Waals surface area contributed by atoms with E-state index in [9.17, 15) is 4.79 Å². The molecule has 0 spiro atoms. The van der Waals surface area contributed by atoms with E-state index >= 15 is 0 Å². The van der Waals surface area contributed by atoms with E-state index in [1.807, 2.05) is 16.7 Å². The maximum absolute atomic E-state index is 12.6. The predicted molar refractivity (Wildman–Crippen MR) is 79.5 cm³/mol. The first-order chi connectivity index (χ1) is 9.22. The van der Waals surface area contributed by atoms with E-state index in [1.54, 1.807) is 31.4 Å². The summed E-state index contributed by atoms with van der Waals surface area (Å²) in [7, 11) is 1.66. The van der Waals surface area contributed by atoms with E-state index < -0.39 is 0 Å². The fraction of sp³-hybridized carbons (Fsp3) is 0.500. The maximum Gasteiger partial charge on any atom is 0.254 e. The summed E-state index contributed by atoms with van der Waals surface area (Å²) in [6.07, 6.45) is 1.06. The zero-order valence-corrected chi connectivity index (χ0v) is 12.0. The first-order valence-corrected chi connectivity index (χ1v) is 7.61. The molecule has 19 heavy (non-hydrogen) atoms. The highest BCUT2D eigenvalue weighted by atomic mass is 32.2. The van der Waals surface area contributed by atoms with E-state index in [0.717, 1.165) is 17.9 Å². The topological polar surface area (TPSA) is 55.6 Å². The van der Waals surface area contributed by atoms with Crippen molar-refractivity contribution in [3.8, 4) is 0 Å². The number of carbonyl (C=O) groups excluding carboxylic acids is 1. The van der Waals surface area contributed by atoms with Crippen molar-refractivity contribution in [3.05, 3.63) is 29.8 Å². The molecule has 1 aliphatic heterocycles. The van der Waals surface area contributed by atoms with Crippen molar-refractivity contribution in [1.82, 2.24) is 4.90 Å². The van der Waals surface area contributed by atoms with Crippen LogP contribution in [0.4, 0.5) is 5.69 Å². The quantitative estimate of drug-likeness (QED) is 0.837. The second-order valence-electron chi connectivity index (χ2n) is 4.63. The molecular weight excluding hydrogens is 260 g/mol. The highest BCUT2D eigenvalue weighted by molar-refractivity contribution is 7.99. The van der Waals surface area contributed by atoms with E-state index in [-0.39, 0.29) is 5.91 Å². The molecule has 0 aromatic heterocycles. The van der Waals surface area contributed by atoms with Gasteiger partial charge in [-0.2, -0.15) is 11.8 Å². The lowest BCUT2D eigenvalue weighted by atomic mass is 10.1. The molecule has 1 atom stereocenters. The number of nitrogens with two attached hydrogens (primary N) is 1. The summed E-state index contributed by atoms with van der Waals surface area (Å²) in [4.78, 5) is 14.5. The number of amides is 1. The van der Waals surface area contributed by atoms with Crippen LogP contribution in [-0.4, -0.2) is 48.6 Å². The van der Waals surface area contributed by atoms with Crippen molar-refractivity contribution < 1.29 is 9.53 Å². The molecule has 0 bridgehead atoms. The Morgan fingerprint density at radius 3 is 2.79 bits per heavy atom. The van der Waals surface area contributed by atoms with E-state index in [2.05, 4.69) is 0 Å². The number of nitrogen functional groups attached to an aromatic ring is 1. The fourth-order valence-electron chi connectivity index (χ4n) is 2.20. The van der Waals surface area contributed by atoms with Crippen molar-refractivity contribution in [2.75, 3.05) is 37.5 Å². The molecule has 2 N–H and O–H groups in total. The number of rotatable bonds is 5. The molecule has 1 saturated heterocycles. The zero-order chi connectivity index (χ0) is 13.7. The van der Waals surface area contributed by atoms with Crippen LogP contribution in [0.2, 0.25) is 0 Å². The fourth-order valence-corrected chi connectivity index (χ4v) is 3.42. The molecule has 1 unspecified atom stereocenters. The van der Waals surface area contributed by atoms with Crippen molar-refractivity contribution in [2.24, 2.45) is 0 Å². The molecule has 2 rings (SSSR count). The highest BCUT2D eigenvalue weighted by Gasteiger charge is 2.27. The van der Waals surface area contributed by atoms with Crippen LogP contribution in [0.5, 0.6) is 0 Å². The van der Waals surface area contributed by atoms with Crippen molar-refractivity contribution in [1.29, 1.82) is 0 Å². The second kappa shape index (κ2) is 6.82. The Hall–Kier alpha value is -1.20. The Bertz CT molecular complexity index is 416. The summed E-state index contributed by atoms with van der Waals surface area (Å²) in [6.45, 7) is 1.22. The average Bonchev–Trinajstić information content (AvgIpc) is 2.94. The smallest absolute Gasteiger partial charge is 0.254 e. The summed E-state index contributed by atoms with van der Waals surface area (Å²) in [5, 5.41) is 0. The highest BCUT2D eigenvalue weighted by Crippen LogP contribution is 2.24. The Labute approximate surface area is 118 Å². The molecule has 1 aromatic rings. The van der Waals surface area contributed by atoms with Crippen molar-refractivity contribution in [3.63, 3.8) is 0 Å². The molecule has 1 aromatic carbocycles. The van der Waals surface area contributed by atoms with Crippen LogP contribution in [0.25, 0.3) is 0 Å². The average molecular weight is 280 g/mol. The number of nitrogens with zero attached hydrogens (tertiary/aromatic N) is 1. The van der Waals surface area contributed by atoms with Gasteiger partial charge in [0, 0.05) is 36.7 Å². The summed E-state index contributed by atoms with van der Waals surface area (Å²) in [5.74, 6) is 2.22. The number of hydrogen-bond acceptors (Lipinski definition) is 4. The van der Waals surface area contributed by atoms with Gasteiger partial charge < -0.3 is 15.4 Å². The third-order valence-corrected chi connectivity index (χ3v) is 4.45. The zero-order valence-electron chi connectivity index (χ0n) is 11.2. The Morgan fingerprint density at radius 2 is 2.21 bits per heavy atom. The Morgan fingerprint density at radius 1 is 1.47 bits per heavy atom. The minimum atomic E-state index is 0.0737. The lowest BCUT2D eigenvalue weighted by Crippen LogP contribution is -2.42. The predicted octanol–water partition coefficient (Wildman–Crippen LogP) is 1.86. The number of ether oxygens (including phenoxy) is 1. The summed E-state index contributed by atoms with van der Waals surface area (Å²) in [5.41, 5.74) is 7.03. The van der Waals surface area contributed by atoms with Crippen LogP contribution in [0, 0.1) is 0 Å². The molecule has 104 valence electrons. The van der Waals surface area contributed by atoms with Crippen LogP contribution in [0.3, 0.4) is 0 Å².